The number of nitrogens with one attached hydrogen (secondary N) is 1. The average molecular weight is 305 g/mol. The molecule has 0 bridgehead atoms. The summed E-state index contributed by atoms with van der Waals surface area (Å²) < 4.78 is 39.8. The predicted octanol–water partition coefficient (Wildman–Crippen LogP) is 4.28. The van der Waals surface area contributed by atoms with Crippen molar-refractivity contribution in [1.82, 2.24) is 10.4 Å². The highest BCUT2D eigenvalue weighted by Crippen LogP contribution is 2.43. The fourth-order valence-electron chi connectivity index (χ4n) is 2.45. The SMILES string of the molecule is CC1=C(C(F)(F)F)C(c2cc(C)c(Cl)cc2C)NN1C. The van der Waals surface area contributed by atoms with E-state index in [-0.39, 0.29) is 5.70 Å². The molecule has 0 saturated carbocycles. The van der Waals surface area contributed by atoms with Gasteiger partial charge in [-0.3, -0.25) is 0 Å². The van der Waals surface area contributed by atoms with E-state index < -0.39 is 17.8 Å². The van der Waals surface area contributed by atoms with Crippen LogP contribution >= 0.6 is 11.6 Å². The molecule has 0 spiro atoms. The van der Waals surface area contributed by atoms with Crippen molar-refractivity contribution in [1.29, 1.82) is 0 Å². The first kappa shape index (κ1) is 15.2. The monoisotopic (exact) mass is 304 g/mol. The summed E-state index contributed by atoms with van der Waals surface area (Å²) in [4.78, 5) is 0. The first-order valence-corrected chi connectivity index (χ1v) is 6.55. The lowest BCUT2D eigenvalue weighted by atomic mass is 9.93. The normalized spacial score (nSPS) is 20.0. The van der Waals surface area contributed by atoms with Gasteiger partial charge in [0.15, 0.2) is 0 Å². The highest BCUT2D eigenvalue weighted by Gasteiger charge is 2.45. The molecule has 1 unspecified atom stereocenters. The Kier molecular flexibility index (Phi) is 3.77. The zero-order valence-corrected chi connectivity index (χ0v) is 12.4. The summed E-state index contributed by atoms with van der Waals surface area (Å²) in [5, 5.41) is 1.98. The van der Waals surface area contributed by atoms with Crippen LogP contribution < -0.4 is 5.43 Å². The minimum Gasteiger partial charge on any atom is -0.315 e. The van der Waals surface area contributed by atoms with Gasteiger partial charge >= 0.3 is 6.18 Å². The molecular formula is C14H16ClF3N2. The lowest BCUT2D eigenvalue weighted by Crippen LogP contribution is -2.30. The maximum atomic E-state index is 13.3. The van der Waals surface area contributed by atoms with Crippen LogP contribution in [0.2, 0.25) is 5.02 Å². The Balaban J connectivity index is 2.56. The third kappa shape index (κ3) is 2.52. The zero-order valence-electron chi connectivity index (χ0n) is 11.7. The number of rotatable bonds is 1. The predicted molar refractivity (Wildman–Crippen MR) is 73.3 cm³/mol. The van der Waals surface area contributed by atoms with Crippen molar-refractivity contribution in [2.75, 3.05) is 7.05 Å². The molecule has 1 aromatic rings. The number of hydrogen-bond donors (Lipinski definition) is 1. The lowest BCUT2D eigenvalue weighted by Gasteiger charge is -2.21. The summed E-state index contributed by atoms with van der Waals surface area (Å²) in [5.74, 6) is 0. The molecule has 1 aliphatic heterocycles. The summed E-state index contributed by atoms with van der Waals surface area (Å²) in [6, 6.07) is 2.53. The number of hydrazine groups is 1. The number of alkyl halides is 3. The summed E-state index contributed by atoms with van der Waals surface area (Å²) in [7, 11) is 1.58. The molecule has 0 fully saturated rings. The van der Waals surface area contributed by atoms with Crippen molar-refractivity contribution < 1.29 is 13.2 Å². The van der Waals surface area contributed by atoms with Gasteiger partial charge in [-0.15, -0.1) is 0 Å². The van der Waals surface area contributed by atoms with Gasteiger partial charge in [0.2, 0.25) is 0 Å². The Morgan fingerprint density at radius 1 is 1.15 bits per heavy atom. The van der Waals surface area contributed by atoms with Crippen LogP contribution in [0.4, 0.5) is 13.2 Å². The fraction of sp³-hybridized carbons (Fsp3) is 0.429. The molecule has 1 heterocycles. The molecular weight excluding hydrogens is 289 g/mol. The second kappa shape index (κ2) is 4.97. The van der Waals surface area contributed by atoms with E-state index in [0.717, 1.165) is 11.1 Å². The van der Waals surface area contributed by atoms with Crippen LogP contribution in [-0.2, 0) is 0 Å². The number of allylic oxidation sites excluding steroid dienone is 1. The molecule has 6 heteroatoms. The second-order valence-electron chi connectivity index (χ2n) is 5.08. The van der Waals surface area contributed by atoms with Crippen LogP contribution in [0.5, 0.6) is 0 Å². The van der Waals surface area contributed by atoms with Crippen molar-refractivity contribution in [3.05, 3.63) is 45.1 Å². The number of hydrogen-bond acceptors (Lipinski definition) is 2. The molecule has 0 amide bonds. The fourth-order valence-corrected chi connectivity index (χ4v) is 2.67. The highest BCUT2D eigenvalue weighted by atomic mass is 35.5. The van der Waals surface area contributed by atoms with E-state index in [0.29, 0.717) is 10.6 Å². The van der Waals surface area contributed by atoms with Crippen molar-refractivity contribution in [3.63, 3.8) is 0 Å². The van der Waals surface area contributed by atoms with E-state index in [2.05, 4.69) is 5.43 Å². The third-order valence-electron chi connectivity index (χ3n) is 3.67. The minimum absolute atomic E-state index is 0.189. The van der Waals surface area contributed by atoms with Crippen LogP contribution in [0.15, 0.2) is 23.4 Å². The van der Waals surface area contributed by atoms with Gasteiger partial charge in [-0.05, 0) is 43.5 Å². The quantitative estimate of drug-likeness (QED) is 0.833. The number of aryl methyl sites for hydroxylation is 2. The molecule has 1 aliphatic rings. The summed E-state index contributed by atoms with van der Waals surface area (Å²) in [5.41, 5.74) is 4.60. The molecule has 2 rings (SSSR count). The zero-order chi connectivity index (χ0) is 15.2. The molecule has 1 aromatic carbocycles. The van der Waals surface area contributed by atoms with Crippen LogP contribution in [0, 0.1) is 13.8 Å². The Morgan fingerprint density at radius 3 is 2.30 bits per heavy atom. The molecule has 110 valence electrons. The largest absolute Gasteiger partial charge is 0.416 e. The molecule has 0 saturated heterocycles. The Labute approximate surface area is 121 Å². The first-order chi connectivity index (χ1) is 9.12. The smallest absolute Gasteiger partial charge is 0.315 e. The number of nitrogens with zero attached hydrogens (tertiary/aromatic N) is 1. The molecule has 1 atom stereocenters. The van der Waals surface area contributed by atoms with Gasteiger partial charge in [-0.2, -0.15) is 13.2 Å². The highest BCUT2D eigenvalue weighted by molar-refractivity contribution is 6.31. The molecule has 20 heavy (non-hydrogen) atoms. The second-order valence-corrected chi connectivity index (χ2v) is 5.48. The topological polar surface area (TPSA) is 15.3 Å². The van der Waals surface area contributed by atoms with Crippen LogP contribution in [-0.4, -0.2) is 18.2 Å². The lowest BCUT2D eigenvalue weighted by molar-refractivity contribution is -0.0960. The minimum atomic E-state index is -4.37. The number of halogens is 4. The van der Waals surface area contributed by atoms with Crippen molar-refractivity contribution in [2.45, 2.75) is 33.0 Å². The molecule has 0 radical (unpaired) electrons. The van der Waals surface area contributed by atoms with Crippen LogP contribution in [0.3, 0.4) is 0 Å². The summed E-state index contributed by atoms with van der Waals surface area (Å²) in [6.45, 7) is 5.02. The molecule has 0 aliphatic carbocycles. The van der Waals surface area contributed by atoms with Gasteiger partial charge in [0.1, 0.15) is 0 Å². The van der Waals surface area contributed by atoms with Crippen LogP contribution in [0.25, 0.3) is 0 Å². The van der Waals surface area contributed by atoms with Crippen molar-refractivity contribution in [3.8, 4) is 0 Å². The molecule has 0 aromatic heterocycles. The van der Waals surface area contributed by atoms with Gasteiger partial charge < -0.3 is 5.01 Å². The maximum Gasteiger partial charge on any atom is 0.416 e. The standard InChI is InChI=1S/C14H16ClF3N2/c1-7-6-11(15)8(2)5-10(7)13-12(14(16,17)18)9(3)20(4)19-13/h5-6,13,19H,1-4H3. The van der Waals surface area contributed by atoms with E-state index in [1.165, 1.54) is 11.9 Å². The van der Waals surface area contributed by atoms with Gasteiger partial charge in [-0.25, -0.2) is 5.43 Å². The maximum absolute atomic E-state index is 13.3. The Hall–Kier alpha value is -1.20. The van der Waals surface area contributed by atoms with E-state index in [1.807, 2.05) is 0 Å². The van der Waals surface area contributed by atoms with Crippen LogP contribution in [0.1, 0.15) is 29.7 Å². The van der Waals surface area contributed by atoms with Crippen molar-refractivity contribution >= 4 is 11.6 Å². The Morgan fingerprint density at radius 2 is 1.75 bits per heavy atom. The summed E-state index contributed by atoms with van der Waals surface area (Å²) >= 11 is 6.01. The van der Waals surface area contributed by atoms with Gasteiger partial charge in [0.05, 0.1) is 11.6 Å². The van der Waals surface area contributed by atoms with E-state index in [4.69, 9.17) is 11.6 Å². The van der Waals surface area contributed by atoms with Crippen molar-refractivity contribution in [2.24, 2.45) is 0 Å². The van der Waals surface area contributed by atoms with Gasteiger partial charge in [0, 0.05) is 17.8 Å². The van der Waals surface area contributed by atoms with E-state index >= 15 is 0 Å². The Bertz CT molecular complexity index is 579. The number of benzene rings is 1. The summed E-state index contributed by atoms with van der Waals surface area (Å²) in [6.07, 6.45) is -4.37. The van der Waals surface area contributed by atoms with E-state index in [9.17, 15) is 13.2 Å². The molecule has 2 nitrogen and oxygen atoms in total. The van der Waals surface area contributed by atoms with E-state index in [1.54, 1.807) is 33.0 Å². The third-order valence-corrected chi connectivity index (χ3v) is 4.08. The average Bonchev–Trinajstić information content (AvgIpc) is 2.60. The van der Waals surface area contributed by atoms with Gasteiger partial charge in [-0.1, -0.05) is 17.7 Å². The first-order valence-electron chi connectivity index (χ1n) is 6.17. The van der Waals surface area contributed by atoms with Gasteiger partial charge in [0.25, 0.3) is 0 Å². The molecule has 1 N–H and O–H groups in total.